The van der Waals surface area contributed by atoms with Crippen molar-refractivity contribution >= 4 is 46.9 Å². The minimum atomic E-state index is -1.67. The first-order valence-corrected chi connectivity index (χ1v) is 9.84. The molecule has 3 rings (SSSR count). The number of carbonyl (C=O) groups excluding carboxylic acids is 3. The Morgan fingerprint density at radius 2 is 2.19 bits per heavy atom. The molecule has 0 radical (unpaired) electrons. The van der Waals surface area contributed by atoms with Crippen LogP contribution >= 0.6 is 23.1 Å². The molecule has 2 N–H and O–H groups in total. The van der Waals surface area contributed by atoms with Gasteiger partial charge >= 0.3 is 17.8 Å². The fourth-order valence-electron chi connectivity index (χ4n) is 3.03. The van der Waals surface area contributed by atoms with E-state index in [1.54, 1.807) is 12.1 Å². The van der Waals surface area contributed by atoms with E-state index < -0.39 is 45.5 Å². The normalized spacial score (nSPS) is 26.8. The van der Waals surface area contributed by atoms with Crippen molar-refractivity contribution in [2.75, 3.05) is 12.4 Å². The zero-order valence-corrected chi connectivity index (χ0v) is 15.8. The lowest BCUT2D eigenvalue weighted by Gasteiger charge is -2.57. The van der Waals surface area contributed by atoms with Crippen molar-refractivity contribution in [2.45, 2.75) is 24.8 Å². The van der Waals surface area contributed by atoms with Crippen molar-refractivity contribution < 1.29 is 33.7 Å². The Bertz CT molecular complexity index is 836. The number of aliphatic carboxylic acids is 1. The van der Waals surface area contributed by atoms with Gasteiger partial charge in [0.25, 0.3) is 0 Å². The van der Waals surface area contributed by atoms with Crippen LogP contribution in [0.2, 0.25) is 0 Å². The molecule has 0 bridgehead atoms. The number of carboxylic acids is 1. The number of β-lactam (4-membered cyclic amide) rings is 1. The number of hydrogen-bond acceptors (Lipinski definition) is 8. The number of ether oxygens (including phenoxy) is 1. The van der Waals surface area contributed by atoms with Gasteiger partial charge in [-0.25, -0.2) is 14.2 Å². The molecule has 1 saturated heterocycles. The molecule has 0 aliphatic carbocycles. The molecule has 3 atom stereocenters. The van der Waals surface area contributed by atoms with E-state index in [9.17, 15) is 29.5 Å². The Kier molecular flexibility index (Phi) is 5.38. The fraction of sp³-hybridized carbons (Fsp3) is 0.375. The van der Waals surface area contributed by atoms with Crippen LogP contribution in [0.25, 0.3) is 0 Å². The molecule has 2 amide bonds. The van der Waals surface area contributed by atoms with E-state index in [1.165, 1.54) is 11.3 Å². The molecule has 2 aliphatic heterocycles. The standard InChI is InChI=1S/C16H16N2O7S2/c1-8(19)25-6-9-7-27-15-12(14(21)18(15,24)13(9)16(22)23)17-11(20)5-10-3-2-4-26-10/h2-4,12,15H,5-7H2,1H3,(H,17,20)(H,22,23)/t12-,15-,18?/m1/s1. The molecule has 11 heteroatoms. The molecule has 2 aliphatic rings. The molecule has 0 saturated carbocycles. The molecule has 9 nitrogen and oxygen atoms in total. The number of fused-ring (bicyclic) bond motifs is 1. The number of thiophene rings is 1. The smallest absolute Gasteiger partial charge is 0.391 e. The van der Waals surface area contributed by atoms with Gasteiger partial charge in [0.05, 0.1) is 6.42 Å². The number of rotatable bonds is 6. The van der Waals surface area contributed by atoms with Gasteiger partial charge in [0.2, 0.25) is 17.6 Å². The summed E-state index contributed by atoms with van der Waals surface area (Å²) in [4.78, 5) is 48.0. The first kappa shape index (κ1) is 19.5. The van der Waals surface area contributed by atoms with Gasteiger partial charge in [-0.15, -0.1) is 11.3 Å². The van der Waals surface area contributed by atoms with E-state index in [-0.39, 0.29) is 24.4 Å². The number of carbonyl (C=O) groups is 4. The number of nitrogens with zero attached hydrogens (tertiary/aromatic N) is 1. The molecule has 1 unspecified atom stereocenters. The number of nitrogens with one attached hydrogen (secondary N) is 1. The third-order valence-corrected chi connectivity index (χ3v) is 6.52. The summed E-state index contributed by atoms with van der Waals surface area (Å²) in [7, 11) is 0. The molecular formula is C16H16N2O7S2. The quantitative estimate of drug-likeness (QED) is 0.300. The minimum absolute atomic E-state index is 0.0804. The van der Waals surface area contributed by atoms with Gasteiger partial charge < -0.3 is 20.4 Å². The van der Waals surface area contributed by atoms with Crippen molar-refractivity contribution in [1.82, 2.24) is 5.32 Å². The summed E-state index contributed by atoms with van der Waals surface area (Å²) in [5, 5.41) is 25.9. The van der Waals surface area contributed by atoms with Crippen LogP contribution in [0.1, 0.15) is 11.8 Å². The first-order valence-electron chi connectivity index (χ1n) is 7.92. The van der Waals surface area contributed by atoms with Crippen LogP contribution in [0.4, 0.5) is 0 Å². The Labute approximate surface area is 162 Å². The highest BCUT2D eigenvalue weighted by Crippen LogP contribution is 2.47. The topological polar surface area (TPSA) is 133 Å². The third-order valence-electron chi connectivity index (χ3n) is 4.22. The van der Waals surface area contributed by atoms with Crippen LogP contribution in [0.3, 0.4) is 0 Å². The maximum absolute atomic E-state index is 13.0. The van der Waals surface area contributed by atoms with Gasteiger partial charge in [0, 0.05) is 23.1 Å². The molecule has 144 valence electrons. The van der Waals surface area contributed by atoms with Crippen LogP contribution in [0.15, 0.2) is 28.8 Å². The molecule has 0 spiro atoms. The molecule has 0 aromatic carbocycles. The summed E-state index contributed by atoms with van der Waals surface area (Å²) >= 11 is 2.46. The van der Waals surface area contributed by atoms with Crippen molar-refractivity contribution in [1.29, 1.82) is 0 Å². The molecule has 1 fully saturated rings. The largest absolute Gasteiger partial charge is 0.619 e. The van der Waals surface area contributed by atoms with Gasteiger partial charge in [-0.2, -0.15) is 0 Å². The lowest BCUT2D eigenvalue weighted by Crippen LogP contribution is -2.79. The van der Waals surface area contributed by atoms with Gasteiger partial charge in [0.15, 0.2) is 5.37 Å². The van der Waals surface area contributed by atoms with Crippen LogP contribution in [-0.4, -0.2) is 57.3 Å². The summed E-state index contributed by atoms with van der Waals surface area (Å²) < 4.78 is 3.13. The minimum Gasteiger partial charge on any atom is -0.619 e. The van der Waals surface area contributed by atoms with Crippen LogP contribution in [0.5, 0.6) is 0 Å². The highest BCUT2D eigenvalue weighted by atomic mass is 32.2. The maximum atomic E-state index is 13.0. The molecule has 1 aromatic heterocycles. The zero-order chi connectivity index (χ0) is 19.8. The first-order chi connectivity index (χ1) is 12.7. The molecule has 1 aromatic rings. The highest BCUT2D eigenvalue weighted by molar-refractivity contribution is 8.00. The fourth-order valence-corrected chi connectivity index (χ4v) is 5.12. The summed E-state index contributed by atoms with van der Waals surface area (Å²) in [6, 6.07) is 2.53. The van der Waals surface area contributed by atoms with E-state index in [0.717, 1.165) is 23.6 Å². The Morgan fingerprint density at radius 3 is 2.78 bits per heavy atom. The number of thioether (sulfide) groups is 1. The van der Waals surface area contributed by atoms with E-state index >= 15 is 0 Å². The lowest BCUT2D eigenvalue weighted by atomic mass is 10.0. The van der Waals surface area contributed by atoms with Crippen molar-refractivity contribution in [2.24, 2.45) is 0 Å². The Balaban J connectivity index is 1.77. The van der Waals surface area contributed by atoms with Gasteiger partial charge in [-0.05, 0) is 11.4 Å². The van der Waals surface area contributed by atoms with E-state index in [0.29, 0.717) is 0 Å². The second-order valence-corrected chi connectivity index (χ2v) is 8.17. The number of esters is 1. The van der Waals surface area contributed by atoms with Gasteiger partial charge in [0.1, 0.15) is 6.61 Å². The average Bonchev–Trinajstić information content (AvgIpc) is 3.10. The van der Waals surface area contributed by atoms with E-state index in [4.69, 9.17) is 4.74 Å². The maximum Gasteiger partial charge on any atom is 0.391 e. The van der Waals surface area contributed by atoms with Crippen LogP contribution in [0, 0.1) is 5.21 Å². The number of amides is 2. The van der Waals surface area contributed by atoms with Crippen molar-refractivity contribution in [3.63, 3.8) is 0 Å². The van der Waals surface area contributed by atoms with E-state index in [2.05, 4.69) is 5.32 Å². The summed E-state index contributed by atoms with van der Waals surface area (Å²) in [6.45, 7) is 0.802. The Morgan fingerprint density at radius 1 is 1.44 bits per heavy atom. The lowest BCUT2D eigenvalue weighted by molar-refractivity contribution is -0.805. The molecular weight excluding hydrogens is 396 g/mol. The van der Waals surface area contributed by atoms with Gasteiger partial charge in [-0.3, -0.25) is 9.59 Å². The van der Waals surface area contributed by atoms with Crippen LogP contribution in [-0.2, 0) is 30.3 Å². The Hall–Kier alpha value is -2.21. The van der Waals surface area contributed by atoms with Crippen molar-refractivity contribution in [3.05, 3.63) is 38.9 Å². The number of carboxylic acid groups (broad SMARTS) is 1. The SMILES string of the molecule is CC(=O)OCC1=C(C(=O)O)[N+]2([O-])C(=O)[C@@H](NC(=O)Cc3cccs3)[C@H]2SC1. The number of hydroxylamine groups is 3. The summed E-state index contributed by atoms with van der Waals surface area (Å²) in [6.07, 6.45) is 0.0804. The third kappa shape index (κ3) is 3.50. The second kappa shape index (κ2) is 7.43. The number of hydrogen-bond donors (Lipinski definition) is 2. The number of quaternary nitrogens is 1. The predicted octanol–water partition coefficient (Wildman–Crippen LogP) is 0.605. The molecule has 3 heterocycles. The zero-order valence-electron chi connectivity index (χ0n) is 14.2. The predicted molar refractivity (Wildman–Crippen MR) is 96.1 cm³/mol. The second-order valence-electron chi connectivity index (χ2n) is 6.04. The summed E-state index contributed by atoms with van der Waals surface area (Å²) in [5.41, 5.74) is -0.542. The average molecular weight is 412 g/mol. The summed E-state index contributed by atoms with van der Waals surface area (Å²) in [5.74, 6) is -3.38. The van der Waals surface area contributed by atoms with Gasteiger partial charge in [-0.1, -0.05) is 17.8 Å². The van der Waals surface area contributed by atoms with E-state index in [1.807, 2.05) is 5.38 Å². The molecule has 27 heavy (non-hydrogen) atoms. The van der Waals surface area contributed by atoms with Crippen molar-refractivity contribution in [3.8, 4) is 0 Å². The van der Waals surface area contributed by atoms with Crippen LogP contribution < -0.4 is 5.32 Å². The highest BCUT2D eigenvalue weighted by Gasteiger charge is 2.65. The monoisotopic (exact) mass is 412 g/mol.